The number of benzene rings is 1. The number of amides is 1. The van der Waals surface area contributed by atoms with Gasteiger partial charge in [-0.3, -0.25) is 4.79 Å². The molecule has 1 fully saturated rings. The van der Waals surface area contributed by atoms with Crippen molar-refractivity contribution in [2.75, 3.05) is 13.2 Å². The highest BCUT2D eigenvalue weighted by Gasteiger charge is 2.35. The van der Waals surface area contributed by atoms with Crippen molar-refractivity contribution in [2.24, 2.45) is 0 Å². The van der Waals surface area contributed by atoms with E-state index in [2.05, 4.69) is 0 Å². The number of ether oxygens (including phenoxy) is 1. The van der Waals surface area contributed by atoms with Crippen molar-refractivity contribution in [1.82, 2.24) is 4.90 Å². The van der Waals surface area contributed by atoms with Crippen molar-refractivity contribution in [3.8, 4) is 5.75 Å². The first-order valence-corrected chi connectivity index (χ1v) is 5.88. The van der Waals surface area contributed by atoms with Crippen LogP contribution in [0.15, 0.2) is 30.3 Å². The zero-order chi connectivity index (χ0) is 13.0. The Kier molecular flexibility index (Phi) is 3.82. The van der Waals surface area contributed by atoms with E-state index in [4.69, 9.17) is 9.84 Å². The number of carbonyl (C=O) groups excluding carboxylic acids is 1. The molecule has 1 unspecified atom stereocenters. The van der Waals surface area contributed by atoms with Gasteiger partial charge in [-0.1, -0.05) is 18.2 Å². The molecule has 1 atom stereocenters. The van der Waals surface area contributed by atoms with Crippen molar-refractivity contribution >= 4 is 11.9 Å². The third kappa shape index (κ3) is 2.80. The van der Waals surface area contributed by atoms with Crippen molar-refractivity contribution < 1.29 is 19.4 Å². The molecular weight excluding hydrogens is 234 g/mol. The van der Waals surface area contributed by atoms with E-state index >= 15 is 0 Å². The van der Waals surface area contributed by atoms with Crippen molar-refractivity contribution in [3.63, 3.8) is 0 Å². The molecular formula is C13H15NO4. The van der Waals surface area contributed by atoms with E-state index in [0.29, 0.717) is 26.0 Å². The molecule has 1 saturated heterocycles. The molecule has 18 heavy (non-hydrogen) atoms. The zero-order valence-electron chi connectivity index (χ0n) is 9.91. The summed E-state index contributed by atoms with van der Waals surface area (Å²) in [5.41, 5.74) is 0. The first-order chi connectivity index (χ1) is 8.68. The minimum absolute atomic E-state index is 0.112. The Balaban J connectivity index is 1.85. The van der Waals surface area contributed by atoms with Crippen LogP contribution in [-0.4, -0.2) is 41.1 Å². The average Bonchev–Trinajstić information content (AvgIpc) is 2.73. The van der Waals surface area contributed by atoms with Crippen LogP contribution in [0.3, 0.4) is 0 Å². The maximum atomic E-state index is 11.5. The van der Waals surface area contributed by atoms with Crippen LogP contribution in [0.4, 0.5) is 0 Å². The number of carboxylic acid groups (broad SMARTS) is 1. The van der Waals surface area contributed by atoms with Gasteiger partial charge in [0, 0.05) is 6.42 Å². The van der Waals surface area contributed by atoms with Crippen LogP contribution in [0.1, 0.15) is 12.8 Å². The summed E-state index contributed by atoms with van der Waals surface area (Å²) in [6.07, 6.45) is 0.696. The van der Waals surface area contributed by atoms with Gasteiger partial charge in [0.1, 0.15) is 18.4 Å². The number of carboxylic acids is 1. The van der Waals surface area contributed by atoms with E-state index < -0.39 is 12.0 Å². The number of hydrogen-bond donors (Lipinski definition) is 1. The number of nitrogens with zero attached hydrogens (tertiary/aromatic N) is 1. The number of para-hydroxylation sites is 1. The van der Waals surface area contributed by atoms with Gasteiger partial charge in [0.05, 0.1) is 6.54 Å². The summed E-state index contributed by atoms with van der Waals surface area (Å²) >= 11 is 0. The average molecular weight is 249 g/mol. The van der Waals surface area contributed by atoms with Crippen LogP contribution in [0.2, 0.25) is 0 Å². The van der Waals surface area contributed by atoms with Gasteiger partial charge in [-0.15, -0.1) is 0 Å². The molecule has 1 N–H and O–H groups in total. The molecule has 1 aliphatic heterocycles. The predicted molar refractivity (Wildman–Crippen MR) is 64.3 cm³/mol. The molecule has 0 aromatic heterocycles. The Bertz CT molecular complexity index is 432. The molecule has 96 valence electrons. The third-order valence-corrected chi connectivity index (χ3v) is 2.96. The second-order valence-electron chi connectivity index (χ2n) is 4.14. The molecule has 1 amide bonds. The van der Waals surface area contributed by atoms with Gasteiger partial charge in [0.25, 0.3) is 0 Å². The van der Waals surface area contributed by atoms with Crippen LogP contribution in [0.25, 0.3) is 0 Å². The first kappa shape index (κ1) is 12.4. The summed E-state index contributed by atoms with van der Waals surface area (Å²) in [7, 11) is 0. The molecule has 1 heterocycles. The zero-order valence-corrected chi connectivity index (χ0v) is 9.91. The monoisotopic (exact) mass is 249 g/mol. The summed E-state index contributed by atoms with van der Waals surface area (Å²) < 4.78 is 5.46. The lowest BCUT2D eigenvalue weighted by Crippen LogP contribution is -2.40. The lowest BCUT2D eigenvalue weighted by molar-refractivity contribution is -0.146. The lowest BCUT2D eigenvalue weighted by atomic mass is 10.2. The van der Waals surface area contributed by atoms with E-state index in [9.17, 15) is 9.59 Å². The predicted octanol–water partition coefficient (Wildman–Crippen LogP) is 1.14. The van der Waals surface area contributed by atoms with Crippen LogP contribution in [-0.2, 0) is 9.59 Å². The molecule has 0 aliphatic carbocycles. The fourth-order valence-electron chi connectivity index (χ4n) is 2.05. The largest absolute Gasteiger partial charge is 0.492 e. The molecule has 0 spiro atoms. The first-order valence-electron chi connectivity index (χ1n) is 5.88. The molecule has 0 radical (unpaired) electrons. The van der Waals surface area contributed by atoms with E-state index in [-0.39, 0.29) is 5.91 Å². The van der Waals surface area contributed by atoms with Gasteiger partial charge in [-0.2, -0.15) is 0 Å². The topological polar surface area (TPSA) is 66.8 Å². The number of hydrogen-bond acceptors (Lipinski definition) is 3. The quantitative estimate of drug-likeness (QED) is 0.849. The molecule has 0 bridgehead atoms. The highest BCUT2D eigenvalue weighted by atomic mass is 16.5. The number of likely N-dealkylation sites (tertiary alicyclic amines) is 1. The fraction of sp³-hybridized carbons (Fsp3) is 0.385. The molecule has 0 saturated carbocycles. The molecule has 5 heteroatoms. The molecule has 5 nitrogen and oxygen atoms in total. The van der Waals surface area contributed by atoms with Crippen molar-refractivity contribution in [3.05, 3.63) is 30.3 Å². The van der Waals surface area contributed by atoms with Gasteiger partial charge >= 0.3 is 5.97 Å². The highest BCUT2D eigenvalue weighted by Crippen LogP contribution is 2.18. The molecule has 2 rings (SSSR count). The summed E-state index contributed by atoms with van der Waals surface area (Å²) in [6, 6.07) is 8.54. The summed E-state index contributed by atoms with van der Waals surface area (Å²) in [5.74, 6) is -0.337. The fourth-order valence-corrected chi connectivity index (χ4v) is 2.05. The summed E-state index contributed by atoms with van der Waals surface area (Å²) in [5, 5.41) is 8.98. The van der Waals surface area contributed by atoms with Crippen LogP contribution in [0, 0.1) is 0 Å². The second kappa shape index (κ2) is 5.53. The van der Waals surface area contributed by atoms with Crippen LogP contribution >= 0.6 is 0 Å². The smallest absolute Gasteiger partial charge is 0.326 e. The maximum absolute atomic E-state index is 11.5. The van der Waals surface area contributed by atoms with Gasteiger partial charge < -0.3 is 14.7 Å². The van der Waals surface area contributed by atoms with E-state index in [0.717, 1.165) is 5.75 Å². The SMILES string of the molecule is O=C(O)C1CCC(=O)N1CCOc1ccccc1. The molecule has 1 aromatic rings. The normalized spacial score (nSPS) is 19.0. The maximum Gasteiger partial charge on any atom is 0.326 e. The highest BCUT2D eigenvalue weighted by molar-refractivity contribution is 5.87. The van der Waals surface area contributed by atoms with E-state index in [1.165, 1.54) is 4.90 Å². The van der Waals surface area contributed by atoms with Gasteiger partial charge in [-0.05, 0) is 18.6 Å². The van der Waals surface area contributed by atoms with Crippen molar-refractivity contribution in [1.29, 1.82) is 0 Å². The number of carbonyl (C=O) groups is 2. The molecule has 1 aromatic carbocycles. The van der Waals surface area contributed by atoms with Crippen molar-refractivity contribution in [2.45, 2.75) is 18.9 Å². The molecule has 1 aliphatic rings. The summed E-state index contributed by atoms with van der Waals surface area (Å²) in [6.45, 7) is 0.615. The van der Waals surface area contributed by atoms with Gasteiger partial charge in [0.2, 0.25) is 5.91 Å². The Labute approximate surface area is 105 Å². The van der Waals surface area contributed by atoms with Gasteiger partial charge in [-0.25, -0.2) is 4.79 Å². The minimum atomic E-state index is -0.944. The van der Waals surface area contributed by atoms with Crippen LogP contribution in [0.5, 0.6) is 5.75 Å². The lowest BCUT2D eigenvalue weighted by Gasteiger charge is -2.21. The second-order valence-corrected chi connectivity index (χ2v) is 4.14. The van der Waals surface area contributed by atoms with Gasteiger partial charge in [0.15, 0.2) is 0 Å². The Hall–Kier alpha value is -2.04. The van der Waals surface area contributed by atoms with E-state index in [1.807, 2.05) is 30.3 Å². The third-order valence-electron chi connectivity index (χ3n) is 2.96. The number of aliphatic carboxylic acids is 1. The summed E-state index contributed by atoms with van der Waals surface area (Å²) in [4.78, 5) is 23.9. The minimum Gasteiger partial charge on any atom is -0.492 e. The standard InChI is InChI=1S/C13H15NO4/c15-12-7-6-11(13(16)17)14(12)8-9-18-10-4-2-1-3-5-10/h1-5,11H,6-9H2,(H,16,17). The van der Waals surface area contributed by atoms with Crippen LogP contribution < -0.4 is 4.74 Å². The Morgan fingerprint density at radius 2 is 2.11 bits per heavy atom. The Morgan fingerprint density at radius 3 is 2.78 bits per heavy atom. The van der Waals surface area contributed by atoms with E-state index in [1.54, 1.807) is 0 Å². The number of rotatable bonds is 5. The Morgan fingerprint density at radius 1 is 1.39 bits per heavy atom.